The SMILES string of the molecule is C[N@+]12CCC[C@@H]3CN4C(=O)CCC[C@@H]4[C@H](CCC1)[C@@H]32. The van der Waals surface area contributed by atoms with Crippen molar-refractivity contribution in [3.8, 4) is 0 Å². The molecule has 4 rings (SSSR count). The number of rotatable bonds is 0. The standard InChI is InChI=1S/C16H27N2O/c1-18-9-3-5-12-11-17-14(7-2-8-15(17)19)13(16(12)18)6-4-10-18/h12-14,16H,2-11H2,1H3/q+1/t12-,13+,14-,16-,18+/m1/s1. The summed E-state index contributed by atoms with van der Waals surface area (Å²) in [7, 11) is 2.50. The van der Waals surface area contributed by atoms with Crippen molar-refractivity contribution in [2.24, 2.45) is 11.8 Å². The molecule has 0 aromatic rings. The molecule has 0 spiro atoms. The van der Waals surface area contributed by atoms with Crippen molar-refractivity contribution in [3.05, 3.63) is 0 Å². The number of quaternary nitrogens is 1. The van der Waals surface area contributed by atoms with Gasteiger partial charge < -0.3 is 9.38 Å². The van der Waals surface area contributed by atoms with E-state index in [4.69, 9.17) is 0 Å². The number of fused-ring (bicyclic) bond motifs is 2. The van der Waals surface area contributed by atoms with E-state index in [9.17, 15) is 4.79 Å². The summed E-state index contributed by atoms with van der Waals surface area (Å²) >= 11 is 0. The maximum atomic E-state index is 12.3. The summed E-state index contributed by atoms with van der Waals surface area (Å²) in [4.78, 5) is 14.6. The van der Waals surface area contributed by atoms with Crippen LogP contribution in [0.4, 0.5) is 0 Å². The molecule has 5 atom stereocenters. The molecule has 3 nitrogen and oxygen atoms in total. The van der Waals surface area contributed by atoms with Crippen molar-refractivity contribution in [1.29, 1.82) is 0 Å². The summed E-state index contributed by atoms with van der Waals surface area (Å²) in [5.41, 5.74) is 0. The van der Waals surface area contributed by atoms with Gasteiger partial charge in [-0.2, -0.15) is 0 Å². The molecule has 0 unspecified atom stereocenters. The Morgan fingerprint density at radius 1 is 1.11 bits per heavy atom. The Hall–Kier alpha value is -0.570. The van der Waals surface area contributed by atoms with Gasteiger partial charge in [-0.3, -0.25) is 4.79 Å². The van der Waals surface area contributed by atoms with Crippen LogP contribution in [0.5, 0.6) is 0 Å². The van der Waals surface area contributed by atoms with Gasteiger partial charge in [0, 0.05) is 30.8 Å². The molecule has 0 saturated carbocycles. The lowest BCUT2D eigenvalue weighted by atomic mass is 9.67. The summed E-state index contributed by atoms with van der Waals surface area (Å²) in [6.45, 7) is 3.86. The van der Waals surface area contributed by atoms with Gasteiger partial charge >= 0.3 is 0 Å². The van der Waals surface area contributed by atoms with Crippen LogP contribution in [0.15, 0.2) is 0 Å². The van der Waals surface area contributed by atoms with Crippen molar-refractivity contribution in [3.63, 3.8) is 0 Å². The lowest BCUT2D eigenvalue weighted by molar-refractivity contribution is -0.952. The predicted octanol–water partition coefficient (Wildman–Crippen LogP) is 2.02. The summed E-state index contributed by atoms with van der Waals surface area (Å²) < 4.78 is 1.33. The fourth-order valence-electron chi connectivity index (χ4n) is 5.98. The molecule has 4 aliphatic rings. The van der Waals surface area contributed by atoms with Gasteiger partial charge in [0.1, 0.15) is 0 Å². The summed E-state index contributed by atoms with van der Waals surface area (Å²) in [5.74, 6) is 2.06. The molecule has 1 amide bonds. The van der Waals surface area contributed by atoms with Gasteiger partial charge in [0.2, 0.25) is 5.91 Å². The highest BCUT2D eigenvalue weighted by molar-refractivity contribution is 5.77. The molecule has 19 heavy (non-hydrogen) atoms. The normalized spacial score (nSPS) is 49.5. The molecule has 0 radical (unpaired) electrons. The van der Waals surface area contributed by atoms with Crippen LogP contribution in [-0.4, -0.2) is 54.1 Å². The largest absolute Gasteiger partial charge is 0.339 e. The molecule has 0 aromatic heterocycles. The van der Waals surface area contributed by atoms with Crippen molar-refractivity contribution in [1.82, 2.24) is 4.90 Å². The average molecular weight is 263 g/mol. The third-order valence-corrected chi connectivity index (χ3v) is 6.63. The van der Waals surface area contributed by atoms with Gasteiger partial charge in [0.25, 0.3) is 0 Å². The summed E-state index contributed by atoms with van der Waals surface area (Å²) in [5, 5.41) is 0. The number of carbonyl (C=O) groups excluding carboxylic acids is 1. The van der Waals surface area contributed by atoms with Crippen LogP contribution >= 0.6 is 0 Å². The van der Waals surface area contributed by atoms with Crippen molar-refractivity contribution < 1.29 is 9.28 Å². The fourth-order valence-corrected chi connectivity index (χ4v) is 5.98. The lowest BCUT2D eigenvalue weighted by Crippen LogP contribution is -2.72. The molecule has 4 fully saturated rings. The van der Waals surface area contributed by atoms with Crippen LogP contribution in [-0.2, 0) is 4.79 Å². The highest BCUT2D eigenvalue weighted by Gasteiger charge is 2.56. The highest BCUT2D eigenvalue weighted by Crippen LogP contribution is 2.47. The molecular weight excluding hydrogens is 236 g/mol. The molecule has 4 heterocycles. The highest BCUT2D eigenvalue weighted by atomic mass is 16.2. The number of piperidine rings is 4. The number of hydrogen-bond acceptors (Lipinski definition) is 1. The van der Waals surface area contributed by atoms with E-state index in [1.807, 2.05) is 0 Å². The van der Waals surface area contributed by atoms with Gasteiger partial charge in [0.15, 0.2) is 0 Å². The lowest BCUT2D eigenvalue weighted by Gasteiger charge is -2.61. The first-order valence-corrected chi connectivity index (χ1v) is 8.33. The van der Waals surface area contributed by atoms with Gasteiger partial charge in [-0.15, -0.1) is 0 Å². The van der Waals surface area contributed by atoms with Crippen LogP contribution in [0.1, 0.15) is 44.9 Å². The second-order valence-electron chi connectivity index (χ2n) is 7.63. The number of carbonyl (C=O) groups is 1. The number of hydrogen-bond donors (Lipinski definition) is 0. The molecule has 4 aliphatic heterocycles. The first-order valence-electron chi connectivity index (χ1n) is 8.33. The second-order valence-corrected chi connectivity index (χ2v) is 7.63. The van der Waals surface area contributed by atoms with Gasteiger partial charge in [-0.25, -0.2) is 0 Å². The molecule has 0 bridgehead atoms. The Morgan fingerprint density at radius 2 is 1.89 bits per heavy atom. The molecule has 3 heteroatoms. The third-order valence-electron chi connectivity index (χ3n) is 6.63. The van der Waals surface area contributed by atoms with E-state index in [0.717, 1.165) is 37.3 Å². The van der Waals surface area contributed by atoms with Crippen LogP contribution in [0.3, 0.4) is 0 Å². The first-order chi connectivity index (χ1) is 9.19. The number of amides is 1. The van der Waals surface area contributed by atoms with Crippen molar-refractivity contribution in [2.75, 3.05) is 26.7 Å². The molecule has 0 aliphatic carbocycles. The maximum Gasteiger partial charge on any atom is 0.222 e. The van der Waals surface area contributed by atoms with Gasteiger partial charge in [-0.05, 0) is 38.5 Å². The smallest absolute Gasteiger partial charge is 0.222 e. The second kappa shape index (κ2) is 4.21. The van der Waals surface area contributed by atoms with Crippen molar-refractivity contribution in [2.45, 2.75) is 57.0 Å². The first kappa shape index (κ1) is 12.2. The molecule has 0 N–H and O–H groups in total. The fraction of sp³-hybridized carbons (Fsp3) is 0.938. The minimum Gasteiger partial charge on any atom is -0.339 e. The topological polar surface area (TPSA) is 20.3 Å². The maximum absolute atomic E-state index is 12.3. The van der Waals surface area contributed by atoms with E-state index in [0.29, 0.717) is 11.9 Å². The van der Waals surface area contributed by atoms with Crippen molar-refractivity contribution >= 4 is 5.91 Å². The Morgan fingerprint density at radius 3 is 2.74 bits per heavy atom. The van der Waals surface area contributed by atoms with Crippen LogP contribution in [0.25, 0.3) is 0 Å². The molecular formula is C16H27N2O+. The van der Waals surface area contributed by atoms with Gasteiger partial charge in [-0.1, -0.05) is 0 Å². The number of nitrogens with zero attached hydrogens (tertiary/aromatic N) is 2. The minimum atomic E-state index is 0.458. The van der Waals surface area contributed by atoms with E-state index < -0.39 is 0 Å². The predicted molar refractivity (Wildman–Crippen MR) is 74.5 cm³/mol. The van der Waals surface area contributed by atoms with E-state index in [2.05, 4.69) is 11.9 Å². The third kappa shape index (κ3) is 1.70. The summed E-state index contributed by atoms with van der Waals surface area (Å²) in [6, 6.07) is 1.47. The quantitative estimate of drug-likeness (QED) is 0.612. The zero-order valence-corrected chi connectivity index (χ0v) is 12.2. The van der Waals surface area contributed by atoms with E-state index in [1.54, 1.807) is 0 Å². The van der Waals surface area contributed by atoms with E-state index >= 15 is 0 Å². The van der Waals surface area contributed by atoms with Crippen LogP contribution in [0.2, 0.25) is 0 Å². The zero-order chi connectivity index (χ0) is 13.0. The minimum absolute atomic E-state index is 0.458. The monoisotopic (exact) mass is 263 g/mol. The Bertz CT molecular complexity index is 392. The van der Waals surface area contributed by atoms with Crippen LogP contribution < -0.4 is 0 Å². The molecule has 106 valence electrons. The Kier molecular flexibility index (Phi) is 2.70. The van der Waals surface area contributed by atoms with Gasteiger partial charge in [0.05, 0.1) is 26.2 Å². The summed E-state index contributed by atoms with van der Waals surface area (Å²) in [6.07, 6.45) is 8.72. The average Bonchev–Trinajstić information content (AvgIpc) is 2.40. The molecule has 4 saturated heterocycles. The molecule has 0 aromatic carbocycles. The zero-order valence-electron chi connectivity index (χ0n) is 12.2. The Labute approximate surface area is 116 Å². The van der Waals surface area contributed by atoms with E-state index in [1.165, 1.54) is 49.7 Å². The Balaban J connectivity index is 1.69. The van der Waals surface area contributed by atoms with E-state index in [-0.39, 0.29) is 0 Å². The van der Waals surface area contributed by atoms with Crippen LogP contribution in [0, 0.1) is 11.8 Å².